The fourth-order valence-electron chi connectivity index (χ4n) is 6.02. The van der Waals surface area contributed by atoms with Crippen LogP contribution in [0, 0.1) is 11.3 Å². The van der Waals surface area contributed by atoms with E-state index in [1.165, 1.54) is 7.11 Å². The van der Waals surface area contributed by atoms with Gasteiger partial charge in [-0.25, -0.2) is 9.78 Å². The van der Waals surface area contributed by atoms with E-state index >= 15 is 0 Å². The number of allylic oxidation sites excluding steroid dienone is 1. The van der Waals surface area contributed by atoms with Crippen molar-refractivity contribution in [2.24, 2.45) is 11.3 Å². The summed E-state index contributed by atoms with van der Waals surface area (Å²) in [6.45, 7) is 1.84. The Labute approximate surface area is 240 Å². The summed E-state index contributed by atoms with van der Waals surface area (Å²) in [4.78, 5) is 22.1. The molecule has 0 spiro atoms. The van der Waals surface area contributed by atoms with Gasteiger partial charge in [0.15, 0.2) is 5.69 Å². The third-order valence-electron chi connectivity index (χ3n) is 8.50. The molecule has 4 heterocycles. The van der Waals surface area contributed by atoms with Crippen LogP contribution in [0.3, 0.4) is 0 Å². The summed E-state index contributed by atoms with van der Waals surface area (Å²) in [5.41, 5.74) is 3.49. The van der Waals surface area contributed by atoms with Crippen molar-refractivity contribution in [3.05, 3.63) is 69.8 Å². The summed E-state index contributed by atoms with van der Waals surface area (Å²) >= 11 is 13.0. The molecule has 40 heavy (non-hydrogen) atoms. The number of aromatic carboxylic acids is 1. The number of ether oxygens (including phenoxy) is 1. The number of carbonyl (C=O) groups is 1. The topological polar surface area (TPSA) is 102 Å². The van der Waals surface area contributed by atoms with Crippen molar-refractivity contribution in [3.63, 3.8) is 0 Å². The number of carboxylic acid groups (broad SMARTS) is 1. The number of benzene rings is 1. The molecule has 10 heteroatoms. The van der Waals surface area contributed by atoms with E-state index in [0.717, 1.165) is 66.6 Å². The van der Waals surface area contributed by atoms with E-state index in [0.29, 0.717) is 39.0 Å². The van der Waals surface area contributed by atoms with Crippen LogP contribution in [0.25, 0.3) is 28.1 Å². The monoisotopic (exact) mass is 576 g/mol. The molecule has 1 aromatic carbocycles. The van der Waals surface area contributed by atoms with Crippen LogP contribution in [-0.2, 0) is 0 Å². The van der Waals surface area contributed by atoms with Crippen LogP contribution < -0.4 is 9.64 Å². The van der Waals surface area contributed by atoms with E-state index in [-0.39, 0.29) is 11.1 Å². The Balaban J connectivity index is 1.14. The Kier molecular flexibility index (Phi) is 6.02. The molecular weight excluding hydrogens is 551 g/mol. The highest BCUT2D eigenvalue weighted by Crippen LogP contribution is 2.60. The first-order valence-electron chi connectivity index (χ1n) is 13.3. The third-order valence-corrected chi connectivity index (χ3v) is 9.08. The van der Waals surface area contributed by atoms with Crippen LogP contribution >= 0.6 is 23.2 Å². The predicted molar refractivity (Wildman–Crippen MR) is 153 cm³/mol. The molecule has 1 N–H and O–H groups in total. The number of piperidine rings is 1. The number of pyridine rings is 2. The van der Waals surface area contributed by atoms with Gasteiger partial charge in [-0.3, -0.25) is 4.98 Å². The normalized spacial score (nSPS) is 22.1. The van der Waals surface area contributed by atoms with Gasteiger partial charge in [-0.05, 0) is 60.6 Å². The van der Waals surface area contributed by atoms with Gasteiger partial charge in [-0.1, -0.05) is 46.6 Å². The molecule has 7 rings (SSSR count). The molecule has 2 unspecified atom stereocenters. The molecule has 0 amide bonds. The van der Waals surface area contributed by atoms with Crippen molar-refractivity contribution in [2.75, 3.05) is 25.1 Å². The number of nitrogens with zero attached hydrogens (tertiary/aromatic N) is 4. The average molecular weight is 577 g/mol. The molecule has 2 saturated carbocycles. The first-order chi connectivity index (χ1) is 19.4. The number of rotatable bonds is 7. The predicted octanol–water partition coefficient (Wildman–Crippen LogP) is 7.11. The number of fused-ring (bicyclic) bond motifs is 2. The summed E-state index contributed by atoms with van der Waals surface area (Å²) in [6, 6.07) is 7.62. The quantitative estimate of drug-likeness (QED) is 0.248. The van der Waals surface area contributed by atoms with Crippen LogP contribution in [0.1, 0.15) is 53.4 Å². The molecule has 0 bridgehead atoms. The molecule has 3 aromatic heterocycles. The second-order valence-electron chi connectivity index (χ2n) is 11.0. The van der Waals surface area contributed by atoms with Crippen molar-refractivity contribution >= 4 is 51.7 Å². The lowest BCUT2D eigenvalue weighted by Crippen LogP contribution is -2.34. The minimum absolute atomic E-state index is 0.0288. The minimum Gasteiger partial charge on any atom is -0.481 e. The standard InChI is InChI=1S/C30H26Cl2N4O4/c1-39-28-21-11-19(5-4-17(21)10-24(34-28)29(37)38)36-9-8-30(12-18(30)15-36)7-6-20-26(35-40-27(20)16-2-3-16)25-22(31)13-33-14-23(25)32/h4-7,10-11,13-14,16,18H,2-3,8-9,12,15H2,1H3,(H,37,38)/b7-6+. The van der Waals surface area contributed by atoms with E-state index in [9.17, 15) is 9.90 Å². The van der Waals surface area contributed by atoms with Gasteiger partial charge in [0, 0.05) is 53.6 Å². The third kappa shape index (κ3) is 4.30. The summed E-state index contributed by atoms with van der Waals surface area (Å²) in [7, 11) is 1.51. The Bertz CT molecular complexity index is 1680. The number of hydrogen-bond donors (Lipinski definition) is 1. The molecule has 4 aromatic rings. The van der Waals surface area contributed by atoms with E-state index in [1.54, 1.807) is 18.5 Å². The zero-order valence-corrected chi connectivity index (χ0v) is 23.2. The first kappa shape index (κ1) is 25.4. The molecule has 1 saturated heterocycles. The van der Waals surface area contributed by atoms with Gasteiger partial charge in [0.1, 0.15) is 11.5 Å². The lowest BCUT2D eigenvalue weighted by atomic mass is 9.92. The number of hydrogen-bond acceptors (Lipinski definition) is 7. The van der Waals surface area contributed by atoms with Crippen molar-refractivity contribution < 1.29 is 19.2 Å². The van der Waals surface area contributed by atoms with E-state index in [2.05, 4.69) is 32.2 Å². The van der Waals surface area contributed by atoms with E-state index in [1.807, 2.05) is 18.2 Å². The van der Waals surface area contributed by atoms with Crippen LogP contribution in [-0.4, -0.2) is 46.4 Å². The molecule has 2 aliphatic carbocycles. The zero-order valence-electron chi connectivity index (χ0n) is 21.7. The molecule has 2 atom stereocenters. The number of carboxylic acids is 1. The van der Waals surface area contributed by atoms with Gasteiger partial charge < -0.3 is 19.3 Å². The lowest BCUT2D eigenvalue weighted by Gasteiger charge is -2.32. The Morgan fingerprint density at radius 3 is 2.73 bits per heavy atom. The first-order valence-corrected chi connectivity index (χ1v) is 14.1. The largest absolute Gasteiger partial charge is 0.481 e. The van der Waals surface area contributed by atoms with Crippen LogP contribution in [0.15, 0.2) is 47.3 Å². The van der Waals surface area contributed by atoms with E-state index in [4.69, 9.17) is 32.5 Å². The smallest absolute Gasteiger partial charge is 0.354 e. The van der Waals surface area contributed by atoms with Crippen LogP contribution in [0.2, 0.25) is 10.0 Å². The van der Waals surface area contributed by atoms with Crippen molar-refractivity contribution in [2.45, 2.75) is 31.6 Å². The molecule has 3 aliphatic rings. The summed E-state index contributed by atoms with van der Waals surface area (Å²) in [5.74, 6) is 1.07. The fourth-order valence-corrected chi connectivity index (χ4v) is 6.56. The molecule has 204 valence electrons. The summed E-state index contributed by atoms with van der Waals surface area (Å²) in [5, 5.41) is 16.3. The molecule has 8 nitrogen and oxygen atoms in total. The minimum atomic E-state index is -1.08. The van der Waals surface area contributed by atoms with Gasteiger partial charge in [-0.2, -0.15) is 0 Å². The second kappa shape index (κ2) is 9.49. The maximum Gasteiger partial charge on any atom is 0.354 e. The maximum atomic E-state index is 11.4. The van der Waals surface area contributed by atoms with Gasteiger partial charge in [-0.15, -0.1) is 0 Å². The number of aromatic nitrogens is 3. The highest BCUT2D eigenvalue weighted by Gasteiger charge is 2.54. The molecule has 3 fully saturated rings. The van der Waals surface area contributed by atoms with E-state index < -0.39 is 5.97 Å². The number of anilines is 1. The highest BCUT2D eigenvalue weighted by atomic mass is 35.5. The molecular formula is C30H26Cl2N4O4. The summed E-state index contributed by atoms with van der Waals surface area (Å²) in [6.07, 6.45) is 12.0. The fraction of sp³-hybridized carbons (Fsp3) is 0.333. The highest BCUT2D eigenvalue weighted by molar-refractivity contribution is 6.39. The Morgan fingerprint density at radius 1 is 1.23 bits per heavy atom. The number of methoxy groups -OCH3 is 1. The van der Waals surface area contributed by atoms with Gasteiger partial charge in [0.05, 0.1) is 17.2 Å². The second-order valence-corrected chi connectivity index (χ2v) is 11.8. The average Bonchev–Trinajstić information content (AvgIpc) is 3.87. The number of halogens is 2. The SMILES string of the molecule is COc1nc(C(=O)O)cc2ccc(N3CCC4(/C=C/c5c(-c6c(Cl)cncc6Cl)noc5C5CC5)CC4C3)cc12. The van der Waals surface area contributed by atoms with Crippen LogP contribution in [0.5, 0.6) is 5.88 Å². The Morgan fingerprint density at radius 2 is 2.02 bits per heavy atom. The molecule has 1 aliphatic heterocycles. The van der Waals surface area contributed by atoms with Crippen molar-refractivity contribution in [3.8, 4) is 17.1 Å². The van der Waals surface area contributed by atoms with Gasteiger partial charge in [0.25, 0.3) is 0 Å². The van der Waals surface area contributed by atoms with Crippen molar-refractivity contribution in [1.82, 2.24) is 15.1 Å². The summed E-state index contributed by atoms with van der Waals surface area (Å²) < 4.78 is 11.3. The maximum absolute atomic E-state index is 11.4. The zero-order chi connectivity index (χ0) is 27.6. The molecule has 0 radical (unpaired) electrons. The van der Waals surface area contributed by atoms with Crippen molar-refractivity contribution in [1.29, 1.82) is 0 Å². The Hall–Kier alpha value is -3.62. The van der Waals surface area contributed by atoms with Gasteiger partial charge >= 0.3 is 5.97 Å². The van der Waals surface area contributed by atoms with Crippen LogP contribution in [0.4, 0.5) is 5.69 Å². The van der Waals surface area contributed by atoms with Gasteiger partial charge in [0.2, 0.25) is 5.88 Å². The lowest BCUT2D eigenvalue weighted by molar-refractivity contribution is 0.0689.